The van der Waals surface area contributed by atoms with E-state index in [1.807, 2.05) is 37.3 Å². The number of aliphatic hydroxyl groups is 1. The van der Waals surface area contributed by atoms with Crippen LogP contribution in [0.1, 0.15) is 32.7 Å². The van der Waals surface area contributed by atoms with E-state index in [-0.39, 0.29) is 0 Å². The molecule has 0 amide bonds. The van der Waals surface area contributed by atoms with E-state index < -0.39 is 6.10 Å². The van der Waals surface area contributed by atoms with Crippen molar-refractivity contribution < 1.29 is 9.52 Å². The first-order valence-corrected chi connectivity index (χ1v) is 7.12. The Morgan fingerprint density at radius 3 is 2.53 bits per heavy atom. The molecule has 0 radical (unpaired) electrons. The van der Waals surface area contributed by atoms with E-state index in [9.17, 15) is 5.11 Å². The van der Waals surface area contributed by atoms with Gasteiger partial charge in [0.2, 0.25) is 0 Å². The molecule has 3 aromatic rings. The van der Waals surface area contributed by atoms with Crippen molar-refractivity contribution in [2.75, 3.05) is 0 Å². The van der Waals surface area contributed by atoms with Gasteiger partial charge in [0.25, 0.3) is 0 Å². The predicted octanol–water partition coefficient (Wildman–Crippen LogP) is 4.50. The van der Waals surface area contributed by atoms with Crippen LogP contribution in [0.3, 0.4) is 0 Å². The molecule has 2 aromatic heterocycles. The molecule has 98 valence electrons. The molecule has 0 bridgehead atoms. The summed E-state index contributed by atoms with van der Waals surface area (Å²) in [6.45, 7) is 6.14. The summed E-state index contributed by atoms with van der Waals surface area (Å²) < 4.78 is 5.82. The topological polar surface area (TPSA) is 33.4 Å². The number of furan rings is 1. The first kappa shape index (κ1) is 12.5. The second-order valence-electron chi connectivity index (χ2n) is 4.93. The van der Waals surface area contributed by atoms with Gasteiger partial charge >= 0.3 is 0 Å². The van der Waals surface area contributed by atoms with Gasteiger partial charge in [-0.1, -0.05) is 18.2 Å². The van der Waals surface area contributed by atoms with Crippen LogP contribution in [0.25, 0.3) is 11.0 Å². The highest BCUT2D eigenvalue weighted by atomic mass is 32.1. The second-order valence-corrected chi connectivity index (χ2v) is 6.22. The molecular weight excluding hydrogens is 256 g/mol. The average molecular weight is 272 g/mol. The molecule has 1 N–H and O–H groups in total. The van der Waals surface area contributed by atoms with Crippen molar-refractivity contribution in [2.45, 2.75) is 26.9 Å². The molecule has 19 heavy (non-hydrogen) atoms. The number of aryl methyl sites for hydroxylation is 3. The van der Waals surface area contributed by atoms with Crippen LogP contribution in [0, 0.1) is 20.8 Å². The minimum Gasteiger partial charge on any atom is -0.458 e. The van der Waals surface area contributed by atoms with Crippen LogP contribution in [0.2, 0.25) is 0 Å². The lowest BCUT2D eigenvalue weighted by Crippen LogP contribution is -1.94. The minimum absolute atomic E-state index is 0.616. The van der Waals surface area contributed by atoms with E-state index in [1.54, 1.807) is 11.3 Å². The van der Waals surface area contributed by atoms with E-state index in [0.29, 0.717) is 5.76 Å². The van der Waals surface area contributed by atoms with Crippen LogP contribution in [0.15, 0.2) is 34.7 Å². The quantitative estimate of drug-likeness (QED) is 0.745. The Hall–Kier alpha value is -1.58. The summed E-state index contributed by atoms with van der Waals surface area (Å²) in [6, 6.07) is 9.99. The maximum Gasteiger partial charge on any atom is 0.146 e. The van der Waals surface area contributed by atoms with Gasteiger partial charge in [-0.15, -0.1) is 11.3 Å². The number of aliphatic hydroxyl groups excluding tert-OH is 1. The van der Waals surface area contributed by atoms with Gasteiger partial charge in [-0.05, 0) is 44.0 Å². The molecule has 1 aromatic carbocycles. The van der Waals surface area contributed by atoms with Crippen LogP contribution in [-0.4, -0.2) is 5.11 Å². The lowest BCUT2D eigenvalue weighted by Gasteiger charge is -2.03. The SMILES string of the molecule is Cc1cc(C(O)c2cc3cccc(C)c3o2)sc1C. The third kappa shape index (κ3) is 2.09. The first-order valence-electron chi connectivity index (χ1n) is 6.30. The largest absolute Gasteiger partial charge is 0.458 e. The van der Waals surface area contributed by atoms with Crippen molar-refractivity contribution in [3.05, 3.63) is 57.0 Å². The molecule has 0 saturated carbocycles. The predicted molar refractivity (Wildman–Crippen MR) is 78.8 cm³/mol. The molecule has 0 fully saturated rings. The number of rotatable bonds is 2. The standard InChI is InChI=1S/C16H16O2S/c1-9-5-4-6-12-8-13(18-16(9)12)15(17)14-7-10(2)11(3)19-14/h4-8,15,17H,1-3H3. The molecule has 3 heteroatoms. The second kappa shape index (κ2) is 4.51. The fourth-order valence-electron chi connectivity index (χ4n) is 2.24. The van der Waals surface area contributed by atoms with E-state index in [1.165, 1.54) is 10.4 Å². The highest BCUT2D eigenvalue weighted by molar-refractivity contribution is 7.12. The van der Waals surface area contributed by atoms with Gasteiger partial charge in [-0.25, -0.2) is 0 Å². The number of hydrogen-bond donors (Lipinski definition) is 1. The van der Waals surface area contributed by atoms with Crippen molar-refractivity contribution in [3.63, 3.8) is 0 Å². The minimum atomic E-state index is -0.677. The summed E-state index contributed by atoms with van der Waals surface area (Å²) in [5, 5.41) is 11.5. The van der Waals surface area contributed by atoms with Gasteiger partial charge in [0.15, 0.2) is 0 Å². The van der Waals surface area contributed by atoms with Crippen LogP contribution in [0.5, 0.6) is 0 Å². The smallest absolute Gasteiger partial charge is 0.146 e. The molecule has 2 nitrogen and oxygen atoms in total. The van der Waals surface area contributed by atoms with Crippen molar-refractivity contribution in [1.82, 2.24) is 0 Å². The fraction of sp³-hybridized carbons (Fsp3) is 0.250. The highest BCUT2D eigenvalue weighted by Gasteiger charge is 2.18. The van der Waals surface area contributed by atoms with Gasteiger partial charge < -0.3 is 9.52 Å². The summed E-state index contributed by atoms with van der Waals surface area (Å²) in [6.07, 6.45) is -0.677. The van der Waals surface area contributed by atoms with Gasteiger partial charge in [-0.2, -0.15) is 0 Å². The third-order valence-electron chi connectivity index (χ3n) is 3.48. The van der Waals surface area contributed by atoms with Crippen molar-refractivity contribution in [1.29, 1.82) is 0 Å². The molecule has 0 aliphatic carbocycles. The Balaban J connectivity index is 2.06. The van der Waals surface area contributed by atoms with Gasteiger partial charge in [0, 0.05) is 15.1 Å². The number of benzene rings is 1. The fourth-order valence-corrected chi connectivity index (χ4v) is 3.28. The van der Waals surface area contributed by atoms with E-state index in [4.69, 9.17) is 4.42 Å². The summed E-state index contributed by atoms with van der Waals surface area (Å²) in [7, 11) is 0. The molecule has 0 spiro atoms. The van der Waals surface area contributed by atoms with Crippen LogP contribution in [0.4, 0.5) is 0 Å². The molecule has 2 heterocycles. The van der Waals surface area contributed by atoms with Crippen molar-refractivity contribution >= 4 is 22.3 Å². The zero-order valence-corrected chi connectivity index (χ0v) is 12.0. The molecule has 1 atom stereocenters. The van der Waals surface area contributed by atoms with Crippen LogP contribution >= 0.6 is 11.3 Å². The Morgan fingerprint density at radius 2 is 1.89 bits per heavy atom. The monoisotopic (exact) mass is 272 g/mol. The summed E-state index contributed by atoms with van der Waals surface area (Å²) in [5.74, 6) is 0.616. The Bertz CT molecular complexity index is 717. The van der Waals surface area contributed by atoms with E-state index in [2.05, 4.69) is 13.8 Å². The maximum atomic E-state index is 10.4. The summed E-state index contributed by atoms with van der Waals surface area (Å²) >= 11 is 1.62. The molecule has 0 aliphatic rings. The van der Waals surface area contributed by atoms with Crippen LogP contribution < -0.4 is 0 Å². The normalized spacial score (nSPS) is 13.1. The molecule has 0 aliphatic heterocycles. The number of thiophene rings is 1. The molecular formula is C16H16O2S. The van der Waals surface area contributed by atoms with Gasteiger partial charge in [-0.3, -0.25) is 0 Å². The Kier molecular flexibility index (Phi) is 2.96. The molecule has 3 rings (SSSR count). The molecule has 0 saturated heterocycles. The zero-order chi connectivity index (χ0) is 13.6. The van der Waals surface area contributed by atoms with Gasteiger partial charge in [0.05, 0.1) is 0 Å². The Morgan fingerprint density at radius 1 is 1.11 bits per heavy atom. The lowest BCUT2D eigenvalue weighted by molar-refractivity contribution is 0.196. The van der Waals surface area contributed by atoms with Gasteiger partial charge in [0.1, 0.15) is 17.4 Å². The van der Waals surface area contributed by atoms with E-state index in [0.717, 1.165) is 21.4 Å². The number of fused-ring (bicyclic) bond motifs is 1. The first-order chi connectivity index (χ1) is 9.06. The lowest BCUT2D eigenvalue weighted by atomic mass is 10.1. The maximum absolute atomic E-state index is 10.4. The number of para-hydroxylation sites is 1. The zero-order valence-electron chi connectivity index (χ0n) is 11.2. The summed E-state index contributed by atoms with van der Waals surface area (Å²) in [5.41, 5.74) is 3.17. The van der Waals surface area contributed by atoms with E-state index >= 15 is 0 Å². The highest BCUT2D eigenvalue weighted by Crippen LogP contribution is 2.34. The average Bonchev–Trinajstić information content (AvgIpc) is 2.94. The third-order valence-corrected chi connectivity index (χ3v) is 4.69. The number of hydrogen-bond acceptors (Lipinski definition) is 3. The summed E-state index contributed by atoms with van der Waals surface area (Å²) in [4.78, 5) is 2.17. The van der Waals surface area contributed by atoms with Crippen molar-refractivity contribution in [3.8, 4) is 0 Å². The molecule has 1 unspecified atom stereocenters. The van der Waals surface area contributed by atoms with Crippen LogP contribution in [-0.2, 0) is 0 Å². The van der Waals surface area contributed by atoms with Crippen molar-refractivity contribution in [2.24, 2.45) is 0 Å². The Labute approximate surface area is 116 Å².